The number of guanidine groups is 1. The number of hydrogen-bond acceptors (Lipinski definition) is 3. The molecular formula is C17H26FN3O2. The second-order valence-electron chi connectivity index (χ2n) is 5.69. The molecule has 1 aliphatic carbocycles. The Kier molecular flexibility index (Phi) is 7.13. The molecule has 0 aromatic heterocycles. The van der Waals surface area contributed by atoms with Crippen LogP contribution in [0.4, 0.5) is 10.1 Å². The fourth-order valence-corrected chi connectivity index (χ4v) is 2.62. The number of rotatable bonds is 7. The molecule has 1 saturated carbocycles. The molecule has 5 nitrogen and oxygen atoms in total. The van der Waals surface area contributed by atoms with E-state index in [2.05, 4.69) is 15.6 Å². The van der Waals surface area contributed by atoms with Gasteiger partial charge in [-0.05, 0) is 38.3 Å². The maximum Gasteiger partial charge on any atom is 0.196 e. The lowest BCUT2D eigenvalue weighted by Gasteiger charge is -2.18. The van der Waals surface area contributed by atoms with E-state index < -0.39 is 5.82 Å². The van der Waals surface area contributed by atoms with E-state index in [1.54, 1.807) is 0 Å². The van der Waals surface area contributed by atoms with E-state index in [4.69, 9.17) is 4.74 Å². The van der Waals surface area contributed by atoms with Gasteiger partial charge in [-0.1, -0.05) is 12.8 Å². The van der Waals surface area contributed by atoms with Gasteiger partial charge in [0.2, 0.25) is 0 Å². The quantitative estimate of drug-likeness (QED) is 0.312. The van der Waals surface area contributed by atoms with Crippen LogP contribution in [0.1, 0.15) is 39.0 Å². The van der Waals surface area contributed by atoms with Crippen molar-refractivity contribution in [1.29, 1.82) is 0 Å². The number of aromatic hydroxyl groups is 1. The predicted octanol–water partition coefficient (Wildman–Crippen LogP) is 3.26. The Balaban J connectivity index is 1.99. The van der Waals surface area contributed by atoms with Gasteiger partial charge in [-0.25, -0.2) is 4.39 Å². The standard InChI is InChI=1S/C17H26FN3O2/c1-2-23-11-5-10-19-17(20-14-6-3-4-7-14)21-15-12-13(18)8-9-16(15)22/h8-9,12,14,22H,2-7,10-11H2,1H3,(H2,19,20,21). The molecule has 0 unspecified atom stereocenters. The fourth-order valence-electron chi connectivity index (χ4n) is 2.62. The number of nitrogens with one attached hydrogen (secondary N) is 2. The summed E-state index contributed by atoms with van der Waals surface area (Å²) in [5.41, 5.74) is 0.319. The van der Waals surface area contributed by atoms with Crippen LogP contribution in [0.3, 0.4) is 0 Å². The minimum Gasteiger partial charge on any atom is -0.506 e. The van der Waals surface area contributed by atoms with Crippen LogP contribution in [-0.4, -0.2) is 36.9 Å². The summed E-state index contributed by atoms with van der Waals surface area (Å²) in [5.74, 6) is 0.179. The topological polar surface area (TPSA) is 65.9 Å². The summed E-state index contributed by atoms with van der Waals surface area (Å²) in [4.78, 5) is 4.51. The number of anilines is 1. The third kappa shape index (κ3) is 6.06. The molecule has 6 heteroatoms. The summed E-state index contributed by atoms with van der Waals surface area (Å²) < 4.78 is 18.7. The van der Waals surface area contributed by atoms with E-state index in [0.717, 1.165) is 19.3 Å². The van der Waals surface area contributed by atoms with E-state index in [9.17, 15) is 9.50 Å². The molecule has 128 valence electrons. The second-order valence-corrected chi connectivity index (χ2v) is 5.69. The Morgan fingerprint density at radius 1 is 1.39 bits per heavy atom. The van der Waals surface area contributed by atoms with Crippen molar-refractivity contribution < 1.29 is 14.2 Å². The summed E-state index contributed by atoms with van der Waals surface area (Å²) in [5, 5.41) is 16.2. The van der Waals surface area contributed by atoms with Gasteiger partial charge in [-0.2, -0.15) is 0 Å². The van der Waals surface area contributed by atoms with Gasteiger partial charge in [0.1, 0.15) is 11.6 Å². The third-order valence-electron chi connectivity index (χ3n) is 3.83. The van der Waals surface area contributed by atoms with Crippen LogP contribution >= 0.6 is 0 Å². The van der Waals surface area contributed by atoms with Crippen molar-refractivity contribution in [3.63, 3.8) is 0 Å². The molecular weight excluding hydrogens is 297 g/mol. The molecule has 0 aliphatic heterocycles. The molecule has 0 amide bonds. The molecule has 0 heterocycles. The van der Waals surface area contributed by atoms with E-state index in [0.29, 0.717) is 37.4 Å². The van der Waals surface area contributed by atoms with Crippen LogP contribution in [-0.2, 0) is 4.74 Å². The van der Waals surface area contributed by atoms with Crippen LogP contribution in [0, 0.1) is 5.82 Å². The number of aliphatic imine (C=N–C) groups is 1. The first-order valence-corrected chi connectivity index (χ1v) is 8.33. The Morgan fingerprint density at radius 2 is 2.17 bits per heavy atom. The number of phenolic OH excluding ortho intramolecular Hbond substituents is 1. The number of benzene rings is 1. The van der Waals surface area contributed by atoms with Gasteiger partial charge in [-0.3, -0.25) is 4.99 Å². The van der Waals surface area contributed by atoms with Crippen LogP contribution in [0.15, 0.2) is 23.2 Å². The van der Waals surface area contributed by atoms with Crippen LogP contribution in [0.2, 0.25) is 0 Å². The SMILES string of the molecule is CCOCCCN=C(Nc1cc(F)ccc1O)NC1CCCC1. The number of halogens is 1. The molecule has 3 N–H and O–H groups in total. The Bertz CT molecular complexity index is 517. The molecule has 1 aliphatic rings. The first kappa shape index (κ1) is 17.5. The highest BCUT2D eigenvalue weighted by molar-refractivity contribution is 5.95. The van der Waals surface area contributed by atoms with Gasteiger partial charge >= 0.3 is 0 Å². The number of nitrogens with zero attached hydrogens (tertiary/aromatic N) is 1. The zero-order valence-corrected chi connectivity index (χ0v) is 13.6. The molecule has 0 atom stereocenters. The van der Waals surface area contributed by atoms with Crippen LogP contribution in [0.25, 0.3) is 0 Å². The first-order valence-electron chi connectivity index (χ1n) is 8.33. The van der Waals surface area contributed by atoms with Gasteiger partial charge in [0, 0.05) is 31.9 Å². The Hall–Kier alpha value is -1.82. The first-order chi connectivity index (χ1) is 11.2. The van der Waals surface area contributed by atoms with Crippen molar-refractivity contribution in [3.05, 3.63) is 24.0 Å². The molecule has 1 aromatic rings. The maximum atomic E-state index is 13.4. The lowest BCUT2D eigenvalue weighted by molar-refractivity contribution is 0.146. The monoisotopic (exact) mass is 323 g/mol. The molecule has 1 fully saturated rings. The largest absolute Gasteiger partial charge is 0.506 e. The molecule has 0 spiro atoms. The van der Waals surface area contributed by atoms with Crippen LogP contribution in [0.5, 0.6) is 5.75 Å². The molecule has 0 bridgehead atoms. The third-order valence-corrected chi connectivity index (χ3v) is 3.83. The summed E-state index contributed by atoms with van der Waals surface area (Å²) in [6.07, 6.45) is 5.45. The molecule has 23 heavy (non-hydrogen) atoms. The number of hydrogen-bond donors (Lipinski definition) is 3. The summed E-state index contributed by atoms with van der Waals surface area (Å²) in [6.45, 7) is 3.94. The van der Waals surface area contributed by atoms with E-state index >= 15 is 0 Å². The highest BCUT2D eigenvalue weighted by atomic mass is 19.1. The summed E-state index contributed by atoms with van der Waals surface area (Å²) in [6, 6.07) is 4.20. The second kappa shape index (κ2) is 9.35. The van der Waals surface area contributed by atoms with E-state index in [-0.39, 0.29) is 5.75 Å². The smallest absolute Gasteiger partial charge is 0.196 e. The maximum absolute atomic E-state index is 13.4. The molecule has 0 saturated heterocycles. The molecule has 1 aromatic carbocycles. The summed E-state index contributed by atoms with van der Waals surface area (Å²) >= 11 is 0. The zero-order chi connectivity index (χ0) is 16.5. The zero-order valence-electron chi connectivity index (χ0n) is 13.6. The van der Waals surface area contributed by atoms with Gasteiger partial charge in [0.05, 0.1) is 5.69 Å². The Morgan fingerprint density at radius 3 is 2.91 bits per heavy atom. The minimum atomic E-state index is -0.401. The van der Waals surface area contributed by atoms with Crippen molar-refractivity contribution in [3.8, 4) is 5.75 Å². The van der Waals surface area contributed by atoms with Gasteiger partial charge in [0.25, 0.3) is 0 Å². The van der Waals surface area contributed by atoms with Gasteiger partial charge in [0.15, 0.2) is 5.96 Å². The number of phenols is 1. The highest BCUT2D eigenvalue weighted by Crippen LogP contribution is 2.24. The highest BCUT2D eigenvalue weighted by Gasteiger charge is 2.17. The number of ether oxygens (including phenoxy) is 1. The van der Waals surface area contributed by atoms with E-state index in [1.165, 1.54) is 31.0 Å². The van der Waals surface area contributed by atoms with Crippen molar-refractivity contribution >= 4 is 11.6 Å². The van der Waals surface area contributed by atoms with Crippen molar-refractivity contribution in [2.75, 3.05) is 25.1 Å². The summed E-state index contributed by atoms with van der Waals surface area (Å²) in [7, 11) is 0. The minimum absolute atomic E-state index is 0.00152. The fraction of sp³-hybridized carbons (Fsp3) is 0.588. The predicted molar refractivity (Wildman–Crippen MR) is 90.5 cm³/mol. The van der Waals surface area contributed by atoms with Crippen molar-refractivity contribution in [2.45, 2.75) is 45.1 Å². The van der Waals surface area contributed by atoms with Crippen molar-refractivity contribution in [1.82, 2.24) is 5.32 Å². The molecule has 2 rings (SSSR count). The van der Waals surface area contributed by atoms with Gasteiger partial charge < -0.3 is 20.5 Å². The van der Waals surface area contributed by atoms with Gasteiger partial charge in [-0.15, -0.1) is 0 Å². The average Bonchev–Trinajstić information content (AvgIpc) is 3.03. The lowest BCUT2D eigenvalue weighted by atomic mass is 10.2. The molecule has 0 radical (unpaired) electrons. The lowest BCUT2D eigenvalue weighted by Crippen LogP contribution is -2.38. The van der Waals surface area contributed by atoms with Crippen molar-refractivity contribution in [2.24, 2.45) is 4.99 Å². The Labute approximate surface area is 137 Å². The van der Waals surface area contributed by atoms with E-state index in [1.807, 2.05) is 6.92 Å². The normalized spacial score (nSPS) is 15.8. The average molecular weight is 323 g/mol. The van der Waals surface area contributed by atoms with Crippen LogP contribution < -0.4 is 10.6 Å².